The number of hydrogen-bond acceptors (Lipinski definition) is 3. The highest BCUT2D eigenvalue weighted by Gasteiger charge is 2.04. The van der Waals surface area contributed by atoms with Gasteiger partial charge in [-0.25, -0.2) is 0 Å². The average Bonchev–Trinajstić information content (AvgIpc) is 2.75. The number of hydrogen-bond donors (Lipinski definition) is 2. The van der Waals surface area contributed by atoms with E-state index in [0.717, 1.165) is 25.5 Å². The van der Waals surface area contributed by atoms with E-state index in [1.807, 2.05) is 0 Å². The summed E-state index contributed by atoms with van der Waals surface area (Å²) in [6, 6.07) is 4.46. The zero-order valence-corrected chi connectivity index (χ0v) is 14.1. The average molecular weight is 348 g/mol. The molecule has 0 radical (unpaired) electrons. The van der Waals surface area contributed by atoms with E-state index in [4.69, 9.17) is 4.74 Å². The Kier molecular flexibility index (Phi) is 8.09. The summed E-state index contributed by atoms with van der Waals surface area (Å²) in [5, 5.41) is 6.56. The zero-order chi connectivity index (χ0) is 14.1. The van der Waals surface area contributed by atoms with Gasteiger partial charge in [-0.15, -0.1) is 11.3 Å². The van der Waals surface area contributed by atoms with Crippen molar-refractivity contribution in [3.05, 3.63) is 20.8 Å². The van der Waals surface area contributed by atoms with Crippen LogP contribution in [0, 0.1) is 0 Å². The zero-order valence-electron chi connectivity index (χ0n) is 11.7. The van der Waals surface area contributed by atoms with Gasteiger partial charge >= 0.3 is 0 Å². The smallest absolute Gasteiger partial charge is 0.191 e. The second-order valence-electron chi connectivity index (χ2n) is 4.22. The highest BCUT2D eigenvalue weighted by Crippen LogP contribution is 2.22. The van der Waals surface area contributed by atoms with Gasteiger partial charge in [0.15, 0.2) is 5.96 Å². The first-order valence-corrected chi connectivity index (χ1v) is 8.04. The van der Waals surface area contributed by atoms with Crippen LogP contribution in [0.5, 0.6) is 0 Å². The molecule has 4 nitrogen and oxygen atoms in total. The third-order valence-corrected chi connectivity index (χ3v) is 4.08. The lowest BCUT2D eigenvalue weighted by molar-refractivity contribution is 0.179. The number of rotatable bonds is 7. The predicted octanol–water partition coefficient (Wildman–Crippen LogP) is 2.64. The molecular formula is C13H22BrN3OS. The summed E-state index contributed by atoms with van der Waals surface area (Å²) < 4.78 is 6.28. The van der Waals surface area contributed by atoms with Crippen LogP contribution in [0.1, 0.15) is 18.7 Å². The molecule has 0 amide bonds. The van der Waals surface area contributed by atoms with Gasteiger partial charge in [-0.3, -0.25) is 4.99 Å². The van der Waals surface area contributed by atoms with E-state index in [0.29, 0.717) is 6.61 Å². The van der Waals surface area contributed by atoms with Gasteiger partial charge < -0.3 is 15.4 Å². The molecule has 0 saturated carbocycles. The van der Waals surface area contributed by atoms with Crippen LogP contribution in [-0.2, 0) is 11.2 Å². The second-order valence-corrected chi connectivity index (χ2v) is 6.76. The number of nitrogens with zero attached hydrogens (tertiary/aromatic N) is 1. The van der Waals surface area contributed by atoms with Gasteiger partial charge in [0.05, 0.1) is 10.4 Å². The van der Waals surface area contributed by atoms with Crippen LogP contribution in [0.25, 0.3) is 0 Å². The van der Waals surface area contributed by atoms with E-state index in [-0.39, 0.29) is 6.04 Å². The quantitative estimate of drug-likeness (QED) is 0.588. The van der Waals surface area contributed by atoms with Crippen molar-refractivity contribution in [1.29, 1.82) is 0 Å². The number of thiophene rings is 1. The molecule has 0 saturated heterocycles. The molecule has 0 bridgehead atoms. The van der Waals surface area contributed by atoms with Crippen molar-refractivity contribution in [1.82, 2.24) is 10.6 Å². The molecule has 1 atom stereocenters. The van der Waals surface area contributed by atoms with Crippen molar-refractivity contribution in [3.63, 3.8) is 0 Å². The van der Waals surface area contributed by atoms with Crippen LogP contribution < -0.4 is 10.6 Å². The lowest BCUT2D eigenvalue weighted by atomic mass is 10.3. The molecule has 1 aromatic heterocycles. The molecule has 0 aliphatic carbocycles. The maximum atomic E-state index is 5.11. The number of nitrogens with one attached hydrogen (secondary N) is 2. The Morgan fingerprint density at radius 3 is 2.89 bits per heavy atom. The summed E-state index contributed by atoms with van der Waals surface area (Å²) in [6.07, 6.45) is 0.964. The number of guanidine groups is 1. The molecule has 2 N–H and O–H groups in total. The molecule has 1 rings (SSSR count). The Labute approximate surface area is 127 Å². The molecule has 0 aliphatic heterocycles. The van der Waals surface area contributed by atoms with Crippen LogP contribution in [0.15, 0.2) is 20.9 Å². The second kappa shape index (κ2) is 9.34. The van der Waals surface area contributed by atoms with Crippen LogP contribution in [-0.4, -0.2) is 38.8 Å². The van der Waals surface area contributed by atoms with E-state index >= 15 is 0 Å². The third-order valence-electron chi connectivity index (χ3n) is 2.40. The summed E-state index contributed by atoms with van der Waals surface area (Å²) >= 11 is 5.23. The van der Waals surface area contributed by atoms with Gasteiger partial charge in [0.2, 0.25) is 0 Å². The van der Waals surface area contributed by atoms with Gasteiger partial charge in [-0.2, -0.15) is 0 Å². The summed E-state index contributed by atoms with van der Waals surface area (Å²) in [6.45, 7) is 6.45. The molecule has 6 heteroatoms. The Morgan fingerprint density at radius 2 is 2.32 bits per heavy atom. The number of halogens is 1. The van der Waals surface area contributed by atoms with Crippen molar-refractivity contribution >= 4 is 33.2 Å². The Morgan fingerprint density at radius 1 is 1.53 bits per heavy atom. The number of methoxy groups -OCH3 is 1. The maximum absolute atomic E-state index is 5.11. The normalized spacial score (nSPS) is 13.4. The highest BCUT2D eigenvalue weighted by molar-refractivity contribution is 9.11. The summed E-state index contributed by atoms with van der Waals surface area (Å²) in [7, 11) is 1.71. The van der Waals surface area contributed by atoms with Crippen molar-refractivity contribution in [2.24, 2.45) is 4.99 Å². The molecule has 0 aliphatic rings. The monoisotopic (exact) mass is 347 g/mol. The van der Waals surface area contributed by atoms with Gasteiger partial charge in [0.25, 0.3) is 0 Å². The molecule has 0 fully saturated rings. The maximum Gasteiger partial charge on any atom is 0.191 e. The minimum Gasteiger partial charge on any atom is -0.383 e. The van der Waals surface area contributed by atoms with Gasteiger partial charge in [0, 0.05) is 37.5 Å². The van der Waals surface area contributed by atoms with Crippen molar-refractivity contribution < 1.29 is 4.74 Å². The van der Waals surface area contributed by atoms with E-state index in [2.05, 4.69) is 57.5 Å². The fraction of sp³-hybridized carbons (Fsp3) is 0.615. The molecule has 0 spiro atoms. The standard InChI is InChI=1S/C13H22BrN3OS/c1-4-15-13(17-10(2)9-18-3)16-8-7-11-5-6-12(14)19-11/h5-6,10H,4,7-9H2,1-3H3,(H2,15,16,17). The van der Waals surface area contributed by atoms with Crippen LogP contribution in [0.2, 0.25) is 0 Å². The van der Waals surface area contributed by atoms with E-state index in [1.165, 1.54) is 8.66 Å². The molecular weight excluding hydrogens is 326 g/mol. The van der Waals surface area contributed by atoms with Crippen LogP contribution in [0.4, 0.5) is 0 Å². The Bertz CT molecular complexity index is 395. The number of ether oxygens (including phenoxy) is 1. The minimum absolute atomic E-state index is 0.249. The Balaban J connectivity index is 2.43. The lowest BCUT2D eigenvalue weighted by Gasteiger charge is -2.16. The van der Waals surface area contributed by atoms with Gasteiger partial charge in [-0.1, -0.05) is 0 Å². The number of aliphatic imine (C=N–C) groups is 1. The first-order chi connectivity index (χ1) is 9.15. The molecule has 19 heavy (non-hydrogen) atoms. The van der Waals surface area contributed by atoms with Gasteiger partial charge in [-0.05, 0) is 41.9 Å². The largest absolute Gasteiger partial charge is 0.383 e. The van der Waals surface area contributed by atoms with Crippen molar-refractivity contribution in [2.75, 3.05) is 26.8 Å². The predicted molar refractivity (Wildman–Crippen MR) is 86.2 cm³/mol. The third kappa shape index (κ3) is 6.94. The molecule has 1 aromatic rings. The molecule has 0 aromatic carbocycles. The minimum atomic E-state index is 0.249. The lowest BCUT2D eigenvalue weighted by Crippen LogP contribution is -2.44. The van der Waals surface area contributed by atoms with Crippen molar-refractivity contribution in [3.8, 4) is 0 Å². The highest BCUT2D eigenvalue weighted by atomic mass is 79.9. The fourth-order valence-electron chi connectivity index (χ4n) is 1.61. The fourth-order valence-corrected chi connectivity index (χ4v) is 3.08. The van der Waals surface area contributed by atoms with E-state index < -0.39 is 0 Å². The van der Waals surface area contributed by atoms with E-state index in [9.17, 15) is 0 Å². The topological polar surface area (TPSA) is 45.7 Å². The summed E-state index contributed by atoms with van der Waals surface area (Å²) in [4.78, 5) is 5.91. The molecule has 1 heterocycles. The van der Waals surface area contributed by atoms with Crippen LogP contribution >= 0.6 is 27.3 Å². The van der Waals surface area contributed by atoms with Crippen LogP contribution in [0.3, 0.4) is 0 Å². The van der Waals surface area contributed by atoms with E-state index in [1.54, 1.807) is 18.4 Å². The Hall–Kier alpha value is -0.590. The summed E-state index contributed by atoms with van der Waals surface area (Å²) in [5.41, 5.74) is 0. The summed E-state index contributed by atoms with van der Waals surface area (Å²) in [5.74, 6) is 0.850. The SMILES string of the molecule is CCNC(=NCCc1ccc(Br)s1)NC(C)COC. The molecule has 1 unspecified atom stereocenters. The molecule has 108 valence electrons. The first kappa shape index (κ1) is 16.5. The van der Waals surface area contributed by atoms with Gasteiger partial charge in [0.1, 0.15) is 0 Å². The first-order valence-electron chi connectivity index (χ1n) is 6.43. The van der Waals surface area contributed by atoms with Crippen molar-refractivity contribution in [2.45, 2.75) is 26.3 Å².